The number of hydrogen-bond acceptors (Lipinski definition) is 3. The van der Waals surface area contributed by atoms with Crippen molar-refractivity contribution in [2.24, 2.45) is 0 Å². The first-order valence-corrected chi connectivity index (χ1v) is 7.04. The van der Waals surface area contributed by atoms with Gasteiger partial charge in [0.2, 0.25) is 0 Å². The topological polar surface area (TPSA) is 28.2 Å². The van der Waals surface area contributed by atoms with Crippen LogP contribution in [0.3, 0.4) is 0 Å². The van der Waals surface area contributed by atoms with Gasteiger partial charge in [-0.15, -0.1) is 0 Å². The summed E-state index contributed by atoms with van der Waals surface area (Å²) in [7, 11) is 0. The van der Waals surface area contributed by atoms with Crippen molar-refractivity contribution in [3.05, 3.63) is 30.1 Å². The maximum absolute atomic E-state index is 4.41. The number of nitrogens with one attached hydrogen (secondary N) is 1. The Kier molecular flexibility index (Phi) is 6.91. The second-order valence-corrected chi connectivity index (χ2v) is 4.93. The number of aromatic nitrogens is 1. The quantitative estimate of drug-likeness (QED) is 0.768. The standard InChI is InChI=1S/C15H27N3/c1-5-16-13(3)11-14(4)18(6-2)12-15-9-7-8-10-17-15/h7-10,13-14,16H,5-6,11-12H2,1-4H3. The molecule has 2 atom stereocenters. The largest absolute Gasteiger partial charge is 0.314 e. The van der Waals surface area contributed by atoms with Crippen LogP contribution in [0.2, 0.25) is 0 Å². The maximum atomic E-state index is 4.41. The predicted octanol–water partition coefficient (Wildman–Crippen LogP) is 2.68. The molecule has 102 valence electrons. The molecule has 1 rings (SSSR count). The van der Waals surface area contributed by atoms with Crippen LogP contribution in [-0.4, -0.2) is 35.1 Å². The van der Waals surface area contributed by atoms with Crippen LogP contribution < -0.4 is 5.32 Å². The molecule has 0 fully saturated rings. The van der Waals surface area contributed by atoms with Gasteiger partial charge in [0.05, 0.1) is 5.69 Å². The third kappa shape index (κ3) is 5.15. The Bertz CT molecular complexity index is 313. The van der Waals surface area contributed by atoms with Gasteiger partial charge in [-0.05, 0) is 45.5 Å². The van der Waals surface area contributed by atoms with E-state index >= 15 is 0 Å². The van der Waals surface area contributed by atoms with Crippen LogP contribution in [0.25, 0.3) is 0 Å². The second kappa shape index (κ2) is 8.22. The Balaban J connectivity index is 2.49. The monoisotopic (exact) mass is 249 g/mol. The first-order valence-electron chi connectivity index (χ1n) is 7.04. The van der Waals surface area contributed by atoms with Crippen molar-refractivity contribution in [2.75, 3.05) is 13.1 Å². The molecule has 0 saturated carbocycles. The Labute approximate surface area is 112 Å². The van der Waals surface area contributed by atoms with E-state index in [4.69, 9.17) is 0 Å². The summed E-state index contributed by atoms with van der Waals surface area (Å²) in [5, 5.41) is 3.48. The average Bonchev–Trinajstić information content (AvgIpc) is 2.37. The van der Waals surface area contributed by atoms with Crippen molar-refractivity contribution in [3.8, 4) is 0 Å². The highest BCUT2D eigenvalue weighted by molar-refractivity contribution is 5.03. The van der Waals surface area contributed by atoms with Crippen LogP contribution in [0.5, 0.6) is 0 Å². The van der Waals surface area contributed by atoms with Gasteiger partial charge in [0.25, 0.3) is 0 Å². The summed E-state index contributed by atoms with van der Waals surface area (Å²) in [5.41, 5.74) is 1.15. The predicted molar refractivity (Wildman–Crippen MR) is 77.5 cm³/mol. The van der Waals surface area contributed by atoms with Gasteiger partial charge in [-0.3, -0.25) is 9.88 Å². The van der Waals surface area contributed by atoms with E-state index in [0.717, 1.165) is 25.3 Å². The molecule has 0 amide bonds. The molecule has 3 nitrogen and oxygen atoms in total. The van der Waals surface area contributed by atoms with E-state index in [0.29, 0.717) is 12.1 Å². The van der Waals surface area contributed by atoms with Gasteiger partial charge in [0.1, 0.15) is 0 Å². The molecule has 0 bridgehead atoms. The van der Waals surface area contributed by atoms with Gasteiger partial charge < -0.3 is 5.32 Å². The smallest absolute Gasteiger partial charge is 0.0544 e. The lowest BCUT2D eigenvalue weighted by atomic mass is 10.1. The molecule has 1 N–H and O–H groups in total. The molecule has 0 aromatic carbocycles. The summed E-state index contributed by atoms with van der Waals surface area (Å²) in [6, 6.07) is 7.27. The minimum atomic E-state index is 0.572. The summed E-state index contributed by atoms with van der Waals surface area (Å²) in [6.45, 7) is 12.0. The number of pyridine rings is 1. The summed E-state index contributed by atoms with van der Waals surface area (Å²) in [5.74, 6) is 0. The van der Waals surface area contributed by atoms with Gasteiger partial charge in [0, 0.05) is 24.8 Å². The van der Waals surface area contributed by atoms with Crippen LogP contribution in [0.1, 0.15) is 39.8 Å². The van der Waals surface area contributed by atoms with E-state index in [2.05, 4.69) is 55.0 Å². The van der Waals surface area contributed by atoms with Crippen LogP contribution in [0.4, 0.5) is 0 Å². The van der Waals surface area contributed by atoms with Crippen LogP contribution in [0, 0.1) is 0 Å². The van der Waals surface area contributed by atoms with E-state index in [1.165, 1.54) is 6.42 Å². The fraction of sp³-hybridized carbons (Fsp3) is 0.667. The molecule has 1 aromatic heterocycles. The number of hydrogen-bond donors (Lipinski definition) is 1. The molecule has 0 radical (unpaired) electrons. The molecule has 0 aliphatic carbocycles. The van der Waals surface area contributed by atoms with Crippen molar-refractivity contribution in [1.29, 1.82) is 0 Å². The Morgan fingerprint density at radius 3 is 2.61 bits per heavy atom. The van der Waals surface area contributed by atoms with Crippen molar-refractivity contribution in [1.82, 2.24) is 15.2 Å². The molecule has 0 spiro atoms. The third-order valence-corrected chi connectivity index (χ3v) is 3.37. The summed E-state index contributed by atoms with van der Waals surface area (Å²) in [4.78, 5) is 6.89. The first-order chi connectivity index (χ1) is 8.67. The lowest BCUT2D eigenvalue weighted by molar-refractivity contribution is 0.188. The van der Waals surface area contributed by atoms with Gasteiger partial charge >= 0.3 is 0 Å². The Morgan fingerprint density at radius 1 is 1.28 bits per heavy atom. The molecular weight excluding hydrogens is 222 g/mol. The fourth-order valence-corrected chi connectivity index (χ4v) is 2.37. The number of nitrogens with zero attached hydrogens (tertiary/aromatic N) is 2. The minimum absolute atomic E-state index is 0.572. The number of rotatable bonds is 8. The zero-order valence-corrected chi connectivity index (χ0v) is 12.2. The van der Waals surface area contributed by atoms with E-state index in [1.807, 2.05) is 12.3 Å². The van der Waals surface area contributed by atoms with Crippen LogP contribution in [0.15, 0.2) is 24.4 Å². The zero-order chi connectivity index (χ0) is 13.4. The molecule has 1 heterocycles. The Morgan fingerprint density at radius 2 is 2.06 bits per heavy atom. The lowest BCUT2D eigenvalue weighted by Gasteiger charge is -2.29. The molecule has 2 unspecified atom stereocenters. The highest BCUT2D eigenvalue weighted by atomic mass is 15.2. The fourth-order valence-electron chi connectivity index (χ4n) is 2.37. The molecule has 0 aliphatic rings. The zero-order valence-electron chi connectivity index (χ0n) is 12.2. The van der Waals surface area contributed by atoms with Gasteiger partial charge in [0.15, 0.2) is 0 Å². The highest BCUT2D eigenvalue weighted by Gasteiger charge is 2.15. The molecule has 0 aliphatic heterocycles. The second-order valence-electron chi connectivity index (χ2n) is 4.93. The summed E-state index contributed by atoms with van der Waals surface area (Å²) < 4.78 is 0. The van der Waals surface area contributed by atoms with Crippen LogP contribution in [-0.2, 0) is 6.54 Å². The minimum Gasteiger partial charge on any atom is -0.314 e. The van der Waals surface area contributed by atoms with Crippen molar-refractivity contribution in [3.63, 3.8) is 0 Å². The highest BCUT2D eigenvalue weighted by Crippen LogP contribution is 2.10. The SMILES string of the molecule is CCNC(C)CC(C)N(CC)Cc1ccccn1. The summed E-state index contributed by atoms with van der Waals surface area (Å²) in [6.07, 6.45) is 3.05. The van der Waals surface area contributed by atoms with Crippen LogP contribution >= 0.6 is 0 Å². The van der Waals surface area contributed by atoms with Crippen molar-refractivity contribution in [2.45, 2.75) is 52.7 Å². The van der Waals surface area contributed by atoms with Crippen molar-refractivity contribution >= 4 is 0 Å². The molecule has 18 heavy (non-hydrogen) atoms. The van der Waals surface area contributed by atoms with Gasteiger partial charge in [-0.2, -0.15) is 0 Å². The Hall–Kier alpha value is -0.930. The lowest BCUT2D eigenvalue weighted by Crippen LogP contribution is -2.38. The molecule has 1 aromatic rings. The van der Waals surface area contributed by atoms with E-state index in [9.17, 15) is 0 Å². The van der Waals surface area contributed by atoms with Gasteiger partial charge in [-0.1, -0.05) is 19.9 Å². The molecular formula is C15H27N3. The normalized spacial score (nSPS) is 14.7. The summed E-state index contributed by atoms with van der Waals surface area (Å²) >= 11 is 0. The van der Waals surface area contributed by atoms with Crippen molar-refractivity contribution < 1.29 is 0 Å². The first kappa shape index (κ1) is 15.1. The van der Waals surface area contributed by atoms with E-state index in [-0.39, 0.29) is 0 Å². The van der Waals surface area contributed by atoms with E-state index in [1.54, 1.807) is 0 Å². The third-order valence-electron chi connectivity index (χ3n) is 3.37. The molecule has 0 saturated heterocycles. The van der Waals surface area contributed by atoms with Gasteiger partial charge in [-0.25, -0.2) is 0 Å². The average molecular weight is 249 g/mol. The molecule has 3 heteroatoms. The van der Waals surface area contributed by atoms with E-state index < -0.39 is 0 Å². The maximum Gasteiger partial charge on any atom is 0.0544 e.